The van der Waals surface area contributed by atoms with Crippen LogP contribution in [-0.2, 0) is 5.88 Å². The molecular formula is C16H17Cl. The molecule has 1 heteroatoms. The van der Waals surface area contributed by atoms with Crippen molar-refractivity contribution in [1.29, 1.82) is 0 Å². The lowest BCUT2D eigenvalue weighted by atomic mass is 10.2. The van der Waals surface area contributed by atoms with Crippen LogP contribution in [-0.4, -0.2) is 0 Å². The van der Waals surface area contributed by atoms with Crippen LogP contribution in [0.1, 0.15) is 18.1 Å². The van der Waals surface area contributed by atoms with Gasteiger partial charge < -0.3 is 0 Å². The van der Waals surface area contributed by atoms with Crippen LogP contribution in [0, 0.1) is 0 Å². The first-order valence-corrected chi connectivity index (χ1v) is 6.18. The number of hydrogen-bond donors (Lipinski definition) is 0. The zero-order valence-corrected chi connectivity index (χ0v) is 10.8. The molecule has 0 radical (unpaired) electrons. The topological polar surface area (TPSA) is 0 Å². The fourth-order valence-corrected chi connectivity index (χ4v) is 1.50. The van der Waals surface area contributed by atoms with E-state index in [1.54, 1.807) is 0 Å². The van der Waals surface area contributed by atoms with E-state index in [1.165, 1.54) is 11.1 Å². The smallest absolute Gasteiger partial charge is 0.0474 e. The Balaban J connectivity index is 0.000000171. The molecule has 0 nitrogen and oxygen atoms in total. The summed E-state index contributed by atoms with van der Waals surface area (Å²) in [5.74, 6) is 0.612. The van der Waals surface area contributed by atoms with Crippen LogP contribution in [0.2, 0.25) is 0 Å². The number of rotatable bonds is 2. The number of benzene rings is 2. The molecule has 0 unspecified atom stereocenters. The molecule has 0 spiro atoms. The molecule has 0 saturated carbocycles. The van der Waals surface area contributed by atoms with E-state index in [0.29, 0.717) is 5.88 Å². The lowest BCUT2D eigenvalue weighted by Gasteiger charge is -1.88. The van der Waals surface area contributed by atoms with Gasteiger partial charge in [0.05, 0.1) is 0 Å². The van der Waals surface area contributed by atoms with Gasteiger partial charge in [0.15, 0.2) is 0 Å². The van der Waals surface area contributed by atoms with Crippen LogP contribution in [0.5, 0.6) is 0 Å². The first-order chi connectivity index (χ1) is 8.36. The quantitative estimate of drug-likeness (QED) is 0.642. The zero-order valence-electron chi connectivity index (χ0n) is 10.0. The van der Waals surface area contributed by atoms with Crippen molar-refractivity contribution < 1.29 is 0 Å². The first-order valence-electron chi connectivity index (χ1n) is 5.64. The Kier molecular flexibility index (Phi) is 6.85. The maximum atomic E-state index is 5.53. The first kappa shape index (κ1) is 13.5. The average molecular weight is 245 g/mol. The van der Waals surface area contributed by atoms with Gasteiger partial charge in [-0.15, -0.1) is 11.6 Å². The van der Waals surface area contributed by atoms with E-state index in [1.807, 2.05) is 61.5 Å². The molecular weight excluding hydrogens is 228 g/mol. The fraction of sp³-hybridized carbons (Fsp3) is 0.125. The summed E-state index contributed by atoms with van der Waals surface area (Å²) in [5, 5.41) is 0. The molecule has 0 aliphatic carbocycles. The van der Waals surface area contributed by atoms with Crippen LogP contribution >= 0.6 is 11.6 Å². The molecule has 0 atom stereocenters. The molecule has 0 bridgehead atoms. The van der Waals surface area contributed by atoms with Crippen LogP contribution in [0.15, 0.2) is 66.7 Å². The van der Waals surface area contributed by atoms with Gasteiger partial charge in [-0.1, -0.05) is 72.8 Å². The number of alkyl halides is 1. The van der Waals surface area contributed by atoms with Gasteiger partial charge in [-0.25, -0.2) is 0 Å². The summed E-state index contributed by atoms with van der Waals surface area (Å²) in [5.41, 5.74) is 2.44. The molecule has 2 aromatic carbocycles. The average Bonchev–Trinajstić information content (AvgIpc) is 2.42. The molecule has 88 valence electrons. The Bertz CT molecular complexity index is 418. The molecule has 0 saturated heterocycles. The highest BCUT2D eigenvalue weighted by molar-refractivity contribution is 6.17. The van der Waals surface area contributed by atoms with E-state index < -0.39 is 0 Å². The van der Waals surface area contributed by atoms with Crippen LogP contribution < -0.4 is 0 Å². The van der Waals surface area contributed by atoms with Gasteiger partial charge in [-0.3, -0.25) is 0 Å². The van der Waals surface area contributed by atoms with Crippen molar-refractivity contribution in [3.63, 3.8) is 0 Å². The van der Waals surface area contributed by atoms with Gasteiger partial charge in [0.1, 0.15) is 0 Å². The van der Waals surface area contributed by atoms with E-state index in [4.69, 9.17) is 11.6 Å². The summed E-state index contributed by atoms with van der Waals surface area (Å²) in [4.78, 5) is 0. The number of halogens is 1. The van der Waals surface area contributed by atoms with Crippen LogP contribution in [0.3, 0.4) is 0 Å². The van der Waals surface area contributed by atoms with E-state index in [-0.39, 0.29) is 0 Å². The highest BCUT2D eigenvalue weighted by atomic mass is 35.5. The Morgan fingerprint density at radius 2 is 1.41 bits per heavy atom. The SMILES string of the molecule is CC=Cc1ccccc1.ClCc1ccccc1. The Labute approximate surface area is 109 Å². The summed E-state index contributed by atoms with van der Waals surface area (Å²) in [6.45, 7) is 2.02. The molecule has 0 fully saturated rings. The summed E-state index contributed by atoms with van der Waals surface area (Å²) < 4.78 is 0. The minimum Gasteiger partial charge on any atom is -0.122 e. The van der Waals surface area contributed by atoms with Crippen molar-refractivity contribution in [3.8, 4) is 0 Å². The third-order valence-corrected chi connectivity index (χ3v) is 2.46. The summed E-state index contributed by atoms with van der Waals surface area (Å²) in [6, 6.07) is 20.2. The molecule has 2 rings (SSSR count). The highest BCUT2D eigenvalue weighted by Gasteiger charge is 1.81. The van der Waals surface area contributed by atoms with Crippen molar-refractivity contribution in [2.45, 2.75) is 12.8 Å². The second kappa shape index (κ2) is 8.60. The second-order valence-electron chi connectivity index (χ2n) is 3.53. The molecule has 17 heavy (non-hydrogen) atoms. The third kappa shape index (κ3) is 5.94. The Hall–Kier alpha value is -1.53. The van der Waals surface area contributed by atoms with E-state index in [0.717, 1.165) is 0 Å². The van der Waals surface area contributed by atoms with Gasteiger partial charge in [0.2, 0.25) is 0 Å². The van der Waals surface area contributed by atoms with Gasteiger partial charge >= 0.3 is 0 Å². The van der Waals surface area contributed by atoms with E-state index in [2.05, 4.69) is 18.2 Å². The number of hydrogen-bond acceptors (Lipinski definition) is 0. The summed E-state index contributed by atoms with van der Waals surface area (Å²) in [7, 11) is 0. The minimum atomic E-state index is 0.612. The largest absolute Gasteiger partial charge is 0.122 e. The molecule has 0 N–H and O–H groups in total. The van der Waals surface area contributed by atoms with Crippen molar-refractivity contribution in [2.75, 3.05) is 0 Å². The predicted octanol–water partition coefficient (Wildman–Crippen LogP) is 5.15. The van der Waals surface area contributed by atoms with Crippen molar-refractivity contribution in [3.05, 3.63) is 77.9 Å². The summed E-state index contributed by atoms with van der Waals surface area (Å²) in [6.07, 6.45) is 4.12. The van der Waals surface area contributed by atoms with E-state index >= 15 is 0 Å². The van der Waals surface area contributed by atoms with Crippen LogP contribution in [0.4, 0.5) is 0 Å². The normalized spacial score (nSPS) is 9.76. The van der Waals surface area contributed by atoms with Crippen molar-refractivity contribution in [1.82, 2.24) is 0 Å². The van der Waals surface area contributed by atoms with Crippen LogP contribution in [0.25, 0.3) is 6.08 Å². The Morgan fingerprint density at radius 3 is 1.82 bits per heavy atom. The highest BCUT2D eigenvalue weighted by Crippen LogP contribution is 2.00. The molecule has 0 aromatic heterocycles. The van der Waals surface area contributed by atoms with E-state index in [9.17, 15) is 0 Å². The lowest BCUT2D eigenvalue weighted by molar-refractivity contribution is 1.41. The van der Waals surface area contributed by atoms with Gasteiger partial charge in [0.25, 0.3) is 0 Å². The van der Waals surface area contributed by atoms with Gasteiger partial charge in [-0.2, -0.15) is 0 Å². The maximum Gasteiger partial charge on any atom is 0.0474 e. The van der Waals surface area contributed by atoms with Gasteiger partial charge in [-0.05, 0) is 18.1 Å². The molecule has 0 aliphatic heterocycles. The van der Waals surface area contributed by atoms with Crippen molar-refractivity contribution >= 4 is 17.7 Å². The zero-order chi connectivity index (χ0) is 12.3. The second-order valence-corrected chi connectivity index (χ2v) is 3.80. The Morgan fingerprint density at radius 1 is 0.882 bits per heavy atom. The molecule has 0 aliphatic rings. The minimum absolute atomic E-state index is 0.612. The van der Waals surface area contributed by atoms with Gasteiger partial charge in [0, 0.05) is 5.88 Å². The fourth-order valence-electron chi connectivity index (χ4n) is 1.32. The summed E-state index contributed by atoms with van der Waals surface area (Å²) >= 11 is 5.53. The standard InChI is InChI=1S/C9H10.C7H7Cl/c1-2-6-9-7-4-3-5-8-9;8-6-7-4-2-1-3-5-7/h2-8H,1H3;1-5H,6H2. The predicted molar refractivity (Wildman–Crippen MR) is 77.1 cm³/mol. The molecule has 0 amide bonds. The van der Waals surface area contributed by atoms with Crippen molar-refractivity contribution in [2.24, 2.45) is 0 Å². The lowest BCUT2D eigenvalue weighted by Crippen LogP contribution is -1.71. The third-order valence-electron chi connectivity index (χ3n) is 2.16. The number of allylic oxidation sites excluding steroid dienone is 1. The maximum absolute atomic E-state index is 5.53. The molecule has 0 heterocycles. The molecule has 2 aromatic rings. The monoisotopic (exact) mass is 244 g/mol.